The zero-order valence-corrected chi connectivity index (χ0v) is 34.7. The summed E-state index contributed by atoms with van der Waals surface area (Å²) in [5.74, 6) is -0.0772. The van der Waals surface area contributed by atoms with E-state index in [4.69, 9.17) is 18.5 Å². The van der Waals surface area contributed by atoms with Crippen molar-refractivity contribution in [2.24, 2.45) is 0 Å². The molecule has 2 amide bonds. The number of ether oxygens (including phenoxy) is 2. The number of aryl methyl sites for hydroxylation is 2. The summed E-state index contributed by atoms with van der Waals surface area (Å²) in [7, 11) is -5.07. The van der Waals surface area contributed by atoms with Crippen LogP contribution in [0.15, 0.2) is 99.2 Å². The van der Waals surface area contributed by atoms with E-state index in [-0.39, 0.29) is 31.3 Å². The lowest BCUT2D eigenvalue weighted by atomic mass is 10.3. The van der Waals surface area contributed by atoms with Crippen LogP contribution in [0, 0.1) is 13.8 Å². The second kappa shape index (κ2) is 17.2. The van der Waals surface area contributed by atoms with E-state index < -0.39 is 31.9 Å². The summed E-state index contributed by atoms with van der Waals surface area (Å²) in [5.41, 5.74) is 1.96. The molecule has 54 heavy (non-hydrogen) atoms. The summed E-state index contributed by atoms with van der Waals surface area (Å²) in [6.07, 6.45) is 0. The fourth-order valence-electron chi connectivity index (χ4n) is 4.32. The number of carbonyl (C=O) groups excluding carboxylic acids is 2. The average molecular weight is 945 g/mol. The monoisotopic (exact) mass is 942 g/mol. The van der Waals surface area contributed by atoms with Gasteiger partial charge in [0.1, 0.15) is 40.0 Å². The SMILES string of the molecule is COc1cccc(NC(=O)c2sccc2S(=O)(=O)Nc2onc(C)c2Br)c1.COc1cccc(NC(=O)c2sccc2S(=O)(=O)Nc2onc(C)c2Br)c1. The molecule has 6 aromatic rings. The fourth-order valence-corrected chi connectivity index (χ4v) is 9.71. The Morgan fingerprint density at radius 2 is 1.06 bits per heavy atom. The number of rotatable bonds is 12. The highest BCUT2D eigenvalue weighted by molar-refractivity contribution is 9.11. The van der Waals surface area contributed by atoms with Gasteiger partial charge in [-0.2, -0.15) is 0 Å². The van der Waals surface area contributed by atoms with E-state index in [0.29, 0.717) is 43.2 Å². The first-order valence-electron chi connectivity index (χ1n) is 15.0. The maximum absolute atomic E-state index is 12.7. The molecule has 0 radical (unpaired) electrons. The van der Waals surface area contributed by atoms with Crippen molar-refractivity contribution in [3.05, 3.63) is 102 Å². The molecule has 0 aliphatic heterocycles. The van der Waals surface area contributed by atoms with Gasteiger partial charge in [0.25, 0.3) is 43.6 Å². The number of anilines is 4. The summed E-state index contributed by atoms with van der Waals surface area (Å²) in [4.78, 5) is 24.9. The molecule has 0 aliphatic carbocycles. The van der Waals surface area contributed by atoms with Gasteiger partial charge in [-0.05, 0) is 92.9 Å². The zero-order chi connectivity index (χ0) is 39.2. The lowest BCUT2D eigenvalue weighted by Crippen LogP contribution is -2.18. The molecule has 0 saturated carbocycles. The fraction of sp³-hybridized carbons (Fsp3) is 0.125. The van der Waals surface area contributed by atoms with Crippen LogP contribution in [0.3, 0.4) is 0 Å². The molecule has 0 unspecified atom stereocenters. The van der Waals surface area contributed by atoms with Crippen molar-refractivity contribution in [2.75, 3.05) is 34.3 Å². The first-order chi connectivity index (χ1) is 25.6. The summed E-state index contributed by atoms with van der Waals surface area (Å²) >= 11 is 8.43. The molecule has 0 aliphatic rings. The number of amides is 2. The van der Waals surface area contributed by atoms with E-state index in [1.54, 1.807) is 62.4 Å². The minimum Gasteiger partial charge on any atom is -0.497 e. The first-order valence-corrected chi connectivity index (χ1v) is 21.3. The molecule has 0 atom stereocenters. The van der Waals surface area contributed by atoms with Gasteiger partial charge in [0.2, 0.25) is 0 Å². The van der Waals surface area contributed by atoms with Gasteiger partial charge >= 0.3 is 0 Å². The van der Waals surface area contributed by atoms with Crippen molar-refractivity contribution >= 4 is 110 Å². The van der Waals surface area contributed by atoms with Crippen molar-refractivity contribution < 1.29 is 44.9 Å². The quantitative estimate of drug-likeness (QED) is 0.0926. The number of aromatic nitrogens is 2. The minimum atomic E-state index is -4.05. The Hall–Kier alpha value is -4.74. The van der Waals surface area contributed by atoms with Crippen LogP contribution in [0.2, 0.25) is 0 Å². The van der Waals surface area contributed by atoms with Gasteiger partial charge in [-0.25, -0.2) is 26.3 Å². The summed E-state index contributed by atoms with van der Waals surface area (Å²) in [6, 6.07) is 16.2. The largest absolute Gasteiger partial charge is 0.497 e. The van der Waals surface area contributed by atoms with Crippen LogP contribution >= 0.6 is 54.5 Å². The van der Waals surface area contributed by atoms with E-state index in [1.165, 1.54) is 37.1 Å². The highest BCUT2D eigenvalue weighted by Crippen LogP contribution is 2.32. The molecular weight excluding hydrogens is 916 g/mol. The highest BCUT2D eigenvalue weighted by atomic mass is 79.9. The number of hydrogen-bond donors (Lipinski definition) is 4. The molecule has 2 aromatic carbocycles. The van der Waals surface area contributed by atoms with E-state index >= 15 is 0 Å². The molecule has 4 aromatic heterocycles. The third-order valence-electron chi connectivity index (χ3n) is 6.94. The minimum absolute atomic E-state index is 0.0395. The molecule has 0 bridgehead atoms. The van der Waals surface area contributed by atoms with E-state index in [2.05, 4.69) is 62.3 Å². The second-order valence-corrected chi connectivity index (χ2v) is 17.4. The molecule has 0 fully saturated rings. The Kier molecular flexibility index (Phi) is 12.9. The van der Waals surface area contributed by atoms with Crippen molar-refractivity contribution in [3.8, 4) is 11.5 Å². The van der Waals surface area contributed by atoms with Gasteiger partial charge < -0.3 is 29.2 Å². The third kappa shape index (κ3) is 9.49. The lowest BCUT2D eigenvalue weighted by molar-refractivity contribution is 0.102. The second-order valence-electron chi connectivity index (χ2n) is 10.6. The van der Waals surface area contributed by atoms with Crippen LogP contribution in [-0.2, 0) is 20.0 Å². The molecule has 4 heterocycles. The average Bonchev–Trinajstić information content (AvgIpc) is 3.96. The Morgan fingerprint density at radius 3 is 1.39 bits per heavy atom. The topological polar surface area (TPSA) is 221 Å². The normalized spacial score (nSPS) is 11.2. The van der Waals surface area contributed by atoms with E-state index in [9.17, 15) is 26.4 Å². The molecule has 6 rings (SSSR count). The Balaban J connectivity index is 0.000000208. The molecule has 16 nitrogen and oxygen atoms in total. The Morgan fingerprint density at radius 1 is 0.667 bits per heavy atom. The maximum atomic E-state index is 12.7. The van der Waals surface area contributed by atoms with Gasteiger partial charge in [-0.15, -0.1) is 22.7 Å². The van der Waals surface area contributed by atoms with Crippen molar-refractivity contribution in [1.82, 2.24) is 10.3 Å². The molecular formula is C32H28Br2N6O10S4. The molecule has 0 spiro atoms. The van der Waals surface area contributed by atoms with Gasteiger partial charge in [-0.1, -0.05) is 22.4 Å². The van der Waals surface area contributed by atoms with Crippen LogP contribution in [-0.4, -0.2) is 53.2 Å². The molecule has 0 saturated heterocycles. The highest BCUT2D eigenvalue weighted by Gasteiger charge is 2.28. The first kappa shape index (κ1) is 40.4. The van der Waals surface area contributed by atoms with Crippen LogP contribution in [0.4, 0.5) is 23.1 Å². The smallest absolute Gasteiger partial charge is 0.267 e. The number of nitrogens with one attached hydrogen (secondary N) is 4. The number of methoxy groups -OCH3 is 2. The van der Waals surface area contributed by atoms with Gasteiger partial charge in [0, 0.05) is 23.5 Å². The standard InChI is InChI=1S/2C16H14BrN3O5S2/c2*1-9-13(17)16(25-19-9)20-27(22,23)12-6-7-26-14(12)15(21)18-10-4-3-5-11(8-10)24-2/h2*3-8,20H,1-2H3,(H,18,21). The number of halogens is 2. The third-order valence-corrected chi connectivity index (χ3v) is 13.6. The van der Waals surface area contributed by atoms with Gasteiger partial charge in [0.15, 0.2) is 0 Å². The molecule has 284 valence electrons. The zero-order valence-electron chi connectivity index (χ0n) is 28.3. The summed E-state index contributed by atoms with van der Waals surface area (Å²) in [5, 5.41) is 15.7. The van der Waals surface area contributed by atoms with Crippen LogP contribution in [0.5, 0.6) is 11.5 Å². The van der Waals surface area contributed by atoms with Crippen molar-refractivity contribution in [2.45, 2.75) is 23.6 Å². The van der Waals surface area contributed by atoms with Gasteiger partial charge in [-0.3, -0.25) is 9.59 Å². The van der Waals surface area contributed by atoms with Crippen LogP contribution < -0.4 is 29.6 Å². The summed E-state index contributed by atoms with van der Waals surface area (Å²) < 4.78 is 76.2. The van der Waals surface area contributed by atoms with Gasteiger partial charge in [0.05, 0.1) is 25.6 Å². The number of benzene rings is 2. The molecule has 4 N–H and O–H groups in total. The van der Waals surface area contributed by atoms with E-state index in [1.807, 2.05) is 0 Å². The van der Waals surface area contributed by atoms with E-state index in [0.717, 1.165) is 22.7 Å². The lowest BCUT2D eigenvalue weighted by Gasteiger charge is -2.08. The summed E-state index contributed by atoms with van der Waals surface area (Å²) in [6.45, 7) is 3.31. The van der Waals surface area contributed by atoms with Crippen molar-refractivity contribution in [3.63, 3.8) is 0 Å². The number of nitrogens with zero attached hydrogens (tertiary/aromatic N) is 2. The number of sulfonamides is 2. The predicted molar refractivity (Wildman–Crippen MR) is 210 cm³/mol. The Labute approximate surface area is 333 Å². The predicted octanol–water partition coefficient (Wildman–Crippen LogP) is 7.74. The maximum Gasteiger partial charge on any atom is 0.267 e. The number of hydrogen-bond acceptors (Lipinski definition) is 14. The Bertz CT molecular complexity index is 2360. The molecule has 22 heteroatoms. The number of carbonyl (C=O) groups is 2. The van der Waals surface area contributed by atoms with Crippen LogP contribution in [0.25, 0.3) is 0 Å². The van der Waals surface area contributed by atoms with Crippen molar-refractivity contribution in [1.29, 1.82) is 0 Å². The van der Waals surface area contributed by atoms with Crippen LogP contribution in [0.1, 0.15) is 30.7 Å². The number of thiophene rings is 2.